The molecule has 1 saturated heterocycles. The molecule has 0 radical (unpaired) electrons. The van der Waals surface area contributed by atoms with E-state index in [2.05, 4.69) is 4.90 Å². The Kier molecular flexibility index (Phi) is 6.52. The van der Waals surface area contributed by atoms with E-state index in [1.165, 1.54) is 18.2 Å². The molecule has 0 N–H and O–H groups in total. The number of methoxy groups -OCH3 is 1. The number of carbonyl (C=O) groups excluding carboxylic acids is 1. The number of ether oxygens (including phenoxy) is 2. The van der Waals surface area contributed by atoms with Gasteiger partial charge in [-0.3, -0.25) is 19.8 Å². The molecule has 1 aliphatic heterocycles. The second-order valence-electron chi connectivity index (χ2n) is 6.46. The molecule has 0 spiro atoms. The molecule has 7 nitrogen and oxygen atoms in total. The lowest BCUT2D eigenvalue weighted by Crippen LogP contribution is -2.35. The van der Waals surface area contributed by atoms with Crippen LogP contribution in [0.1, 0.15) is 21.5 Å². The van der Waals surface area contributed by atoms with Gasteiger partial charge in [0.1, 0.15) is 5.75 Å². The van der Waals surface area contributed by atoms with E-state index in [1.54, 1.807) is 37.5 Å². The predicted molar refractivity (Wildman–Crippen MR) is 106 cm³/mol. The number of nitrogens with zero attached hydrogens (tertiary/aromatic N) is 2. The van der Waals surface area contributed by atoms with Crippen LogP contribution in [0.2, 0.25) is 0 Å². The molecule has 0 unspecified atom stereocenters. The van der Waals surface area contributed by atoms with Crippen molar-refractivity contribution in [2.45, 2.75) is 6.54 Å². The quantitative estimate of drug-likeness (QED) is 0.316. The van der Waals surface area contributed by atoms with E-state index in [0.29, 0.717) is 30.9 Å². The van der Waals surface area contributed by atoms with Crippen molar-refractivity contribution in [3.05, 3.63) is 75.3 Å². The van der Waals surface area contributed by atoms with Crippen LogP contribution in [0.25, 0.3) is 6.08 Å². The Bertz CT molecular complexity index is 888. The summed E-state index contributed by atoms with van der Waals surface area (Å²) >= 11 is 0. The van der Waals surface area contributed by atoms with Crippen molar-refractivity contribution in [1.82, 2.24) is 4.90 Å². The summed E-state index contributed by atoms with van der Waals surface area (Å²) in [5.41, 5.74) is 2.08. The third kappa shape index (κ3) is 5.03. The van der Waals surface area contributed by atoms with E-state index in [4.69, 9.17) is 9.47 Å². The highest BCUT2D eigenvalue weighted by Crippen LogP contribution is 2.23. The number of hydrogen-bond donors (Lipinski definition) is 0. The van der Waals surface area contributed by atoms with Gasteiger partial charge in [0, 0.05) is 42.9 Å². The summed E-state index contributed by atoms with van der Waals surface area (Å²) in [6.07, 6.45) is 3.01. The van der Waals surface area contributed by atoms with Gasteiger partial charge in [-0.1, -0.05) is 18.2 Å². The standard InChI is InChI=1S/C21H22N2O5/c1-27-21-8-6-17(14-18(21)15-22-9-11-28-12-10-22)20(24)7-5-16-3-2-4-19(13-16)23(25)26/h2-8,13-14H,9-12,15H2,1H3/b7-5+. The smallest absolute Gasteiger partial charge is 0.270 e. The van der Waals surface area contributed by atoms with Gasteiger partial charge in [-0.2, -0.15) is 0 Å². The molecule has 2 aromatic carbocycles. The molecule has 0 saturated carbocycles. The number of non-ortho nitro benzene ring substituents is 1. The summed E-state index contributed by atoms with van der Waals surface area (Å²) in [5.74, 6) is 0.572. The molecule has 1 aliphatic rings. The van der Waals surface area contributed by atoms with Gasteiger partial charge >= 0.3 is 0 Å². The molecule has 0 aromatic heterocycles. The molecule has 3 rings (SSSR count). The van der Waals surface area contributed by atoms with Crippen LogP contribution in [-0.2, 0) is 11.3 Å². The third-order valence-corrected chi connectivity index (χ3v) is 4.57. The van der Waals surface area contributed by atoms with Gasteiger partial charge < -0.3 is 9.47 Å². The minimum absolute atomic E-state index is 0.00755. The Morgan fingerprint density at radius 3 is 2.75 bits per heavy atom. The van der Waals surface area contributed by atoms with Crippen molar-refractivity contribution >= 4 is 17.5 Å². The summed E-state index contributed by atoms with van der Waals surface area (Å²) in [5, 5.41) is 10.9. The van der Waals surface area contributed by atoms with E-state index in [1.807, 2.05) is 6.07 Å². The number of carbonyl (C=O) groups is 1. The minimum atomic E-state index is -0.458. The van der Waals surface area contributed by atoms with Crippen LogP contribution in [-0.4, -0.2) is 49.0 Å². The Hall–Kier alpha value is -3.03. The van der Waals surface area contributed by atoms with Crippen LogP contribution in [0.3, 0.4) is 0 Å². The highest BCUT2D eigenvalue weighted by atomic mass is 16.6. The zero-order valence-electron chi connectivity index (χ0n) is 15.7. The van der Waals surface area contributed by atoms with Gasteiger partial charge in [-0.05, 0) is 29.8 Å². The average Bonchev–Trinajstić information content (AvgIpc) is 2.73. The van der Waals surface area contributed by atoms with Crippen molar-refractivity contribution in [2.24, 2.45) is 0 Å². The molecule has 0 amide bonds. The van der Waals surface area contributed by atoms with Gasteiger partial charge in [-0.15, -0.1) is 0 Å². The van der Waals surface area contributed by atoms with Crippen LogP contribution in [0.4, 0.5) is 5.69 Å². The number of allylic oxidation sites excluding steroid dienone is 1. The maximum absolute atomic E-state index is 12.6. The molecule has 146 valence electrons. The fraction of sp³-hybridized carbons (Fsp3) is 0.286. The van der Waals surface area contributed by atoms with Crippen LogP contribution in [0.5, 0.6) is 5.75 Å². The predicted octanol–water partition coefficient (Wildman–Crippen LogP) is 3.33. The van der Waals surface area contributed by atoms with Crippen molar-refractivity contribution in [3.8, 4) is 5.75 Å². The molecule has 0 aliphatic carbocycles. The summed E-state index contributed by atoms with van der Waals surface area (Å²) in [6, 6.07) is 11.5. The van der Waals surface area contributed by atoms with Gasteiger partial charge in [-0.25, -0.2) is 0 Å². The topological polar surface area (TPSA) is 81.9 Å². The first kappa shape index (κ1) is 19.7. The van der Waals surface area contributed by atoms with Gasteiger partial charge in [0.2, 0.25) is 0 Å². The number of nitro benzene ring substituents is 1. The van der Waals surface area contributed by atoms with Crippen molar-refractivity contribution < 1.29 is 19.2 Å². The van der Waals surface area contributed by atoms with Crippen LogP contribution >= 0.6 is 0 Å². The fourth-order valence-electron chi connectivity index (χ4n) is 3.07. The lowest BCUT2D eigenvalue weighted by molar-refractivity contribution is -0.384. The fourth-order valence-corrected chi connectivity index (χ4v) is 3.07. The SMILES string of the molecule is COc1ccc(C(=O)/C=C/c2cccc([N+](=O)[O-])c2)cc1CN1CCOCC1. The number of hydrogen-bond acceptors (Lipinski definition) is 6. The minimum Gasteiger partial charge on any atom is -0.496 e. The maximum atomic E-state index is 12.6. The second kappa shape index (κ2) is 9.25. The highest BCUT2D eigenvalue weighted by Gasteiger charge is 2.15. The van der Waals surface area contributed by atoms with E-state index in [0.717, 1.165) is 24.4 Å². The monoisotopic (exact) mass is 382 g/mol. The van der Waals surface area contributed by atoms with E-state index in [-0.39, 0.29) is 11.5 Å². The molecular formula is C21H22N2O5. The molecule has 0 atom stereocenters. The summed E-state index contributed by atoms with van der Waals surface area (Å²) < 4.78 is 10.8. The number of benzene rings is 2. The van der Waals surface area contributed by atoms with E-state index >= 15 is 0 Å². The molecule has 0 bridgehead atoms. The average molecular weight is 382 g/mol. The normalized spacial score (nSPS) is 14.9. The lowest BCUT2D eigenvalue weighted by atomic mass is 10.0. The van der Waals surface area contributed by atoms with Crippen LogP contribution < -0.4 is 4.74 Å². The zero-order valence-corrected chi connectivity index (χ0v) is 15.7. The Morgan fingerprint density at radius 1 is 1.25 bits per heavy atom. The molecule has 1 heterocycles. The molecule has 1 fully saturated rings. The zero-order chi connectivity index (χ0) is 19.9. The first-order valence-corrected chi connectivity index (χ1v) is 9.00. The lowest BCUT2D eigenvalue weighted by Gasteiger charge is -2.27. The van der Waals surface area contributed by atoms with E-state index in [9.17, 15) is 14.9 Å². The Labute approximate surface area is 163 Å². The van der Waals surface area contributed by atoms with Crippen molar-refractivity contribution in [1.29, 1.82) is 0 Å². The molecule has 28 heavy (non-hydrogen) atoms. The molecular weight excluding hydrogens is 360 g/mol. The number of morpholine rings is 1. The van der Waals surface area contributed by atoms with Gasteiger partial charge in [0.25, 0.3) is 5.69 Å². The Balaban J connectivity index is 1.76. The van der Waals surface area contributed by atoms with Gasteiger partial charge in [0.05, 0.1) is 25.2 Å². The van der Waals surface area contributed by atoms with E-state index < -0.39 is 4.92 Å². The van der Waals surface area contributed by atoms with Crippen molar-refractivity contribution in [3.63, 3.8) is 0 Å². The first-order valence-electron chi connectivity index (χ1n) is 9.00. The van der Waals surface area contributed by atoms with Crippen LogP contribution in [0.15, 0.2) is 48.5 Å². The maximum Gasteiger partial charge on any atom is 0.270 e. The molecule has 7 heteroatoms. The number of nitro groups is 1. The largest absolute Gasteiger partial charge is 0.496 e. The number of rotatable bonds is 7. The van der Waals surface area contributed by atoms with Crippen LogP contribution in [0, 0.1) is 10.1 Å². The van der Waals surface area contributed by atoms with Crippen molar-refractivity contribution in [2.75, 3.05) is 33.4 Å². The highest BCUT2D eigenvalue weighted by molar-refractivity contribution is 6.07. The second-order valence-corrected chi connectivity index (χ2v) is 6.46. The summed E-state index contributed by atoms with van der Waals surface area (Å²) in [7, 11) is 1.61. The summed E-state index contributed by atoms with van der Waals surface area (Å²) in [6.45, 7) is 3.77. The Morgan fingerprint density at radius 2 is 2.04 bits per heavy atom. The first-order chi connectivity index (χ1) is 13.6. The van der Waals surface area contributed by atoms with Gasteiger partial charge in [0.15, 0.2) is 5.78 Å². The number of ketones is 1. The summed E-state index contributed by atoms with van der Waals surface area (Å²) in [4.78, 5) is 25.3. The third-order valence-electron chi connectivity index (χ3n) is 4.57. The molecule has 2 aromatic rings.